The first-order chi connectivity index (χ1) is 10.6. The van der Waals surface area contributed by atoms with Gasteiger partial charge in [0.15, 0.2) is 0 Å². The quantitative estimate of drug-likeness (QED) is 0.777. The number of benzene rings is 1. The summed E-state index contributed by atoms with van der Waals surface area (Å²) < 4.78 is 10.5. The Labute approximate surface area is 129 Å². The lowest BCUT2D eigenvalue weighted by molar-refractivity contribution is -0.141. The highest BCUT2D eigenvalue weighted by molar-refractivity contribution is 5.97. The number of methoxy groups -OCH3 is 1. The third-order valence-electron chi connectivity index (χ3n) is 3.64. The first kappa shape index (κ1) is 16.3. The Kier molecular flexibility index (Phi) is 5.77. The van der Waals surface area contributed by atoms with Crippen molar-refractivity contribution in [2.45, 2.75) is 25.3 Å². The van der Waals surface area contributed by atoms with Gasteiger partial charge in [0.2, 0.25) is 0 Å². The molecule has 1 aromatic carbocycles. The van der Waals surface area contributed by atoms with E-state index >= 15 is 0 Å². The number of nitrogens with zero attached hydrogens (tertiary/aromatic N) is 1. The topological polar surface area (TPSA) is 76.1 Å². The van der Waals surface area contributed by atoms with E-state index in [4.69, 9.17) is 9.47 Å². The maximum absolute atomic E-state index is 12.5. The lowest BCUT2D eigenvalue weighted by Gasteiger charge is -2.21. The third-order valence-corrected chi connectivity index (χ3v) is 3.64. The van der Waals surface area contributed by atoms with Crippen LogP contribution in [0.5, 0.6) is 5.75 Å². The van der Waals surface area contributed by atoms with Gasteiger partial charge in [-0.1, -0.05) is 6.07 Å². The average Bonchev–Trinajstić information content (AvgIpc) is 3.01. The summed E-state index contributed by atoms with van der Waals surface area (Å²) in [4.78, 5) is 25.1. The number of carbonyl (C=O) groups is 2. The van der Waals surface area contributed by atoms with E-state index < -0.39 is 12.0 Å². The van der Waals surface area contributed by atoms with Crippen LogP contribution < -0.4 is 4.74 Å². The molecule has 1 aliphatic heterocycles. The standard InChI is InChI=1S/C16H21NO5/c1-21-9-4-10-22-13-6-2-5-12(11-13)15(18)17-8-3-7-14(17)16(19)20/h2,5-6,11,14H,3-4,7-10H2,1H3,(H,19,20). The highest BCUT2D eigenvalue weighted by Gasteiger charge is 2.34. The lowest BCUT2D eigenvalue weighted by atomic mass is 10.1. The summed E-state index contributed by atoms with van der Waals surface area (Å²) in [5.41, 5.74) is 0.456. The summed E-state index contributed by atoms with van der Waals surface area (Å²) in [5.74, 6) is -0.599. The van der Waals surface area contributed by atoms with E-state index in [1.165, 1.54) is 4.90 Å². The summed E-state index contributed by atoms with van der Waals surface area (Å²) in [5, 5.41) is 9.17. The van der Waals surface area contributed by atoms with E-state index in [0.717, 1.165) is 12.8 Å². The van der Waals surface area contributed by atoms with Gasteiger partial charge in [0.05, 0.1) is 6.61 Å². The Morgan fingerprint density at radius 1 is 1.36 bits per heavy atom. The first-order valence-corrected chi connectivity index (χ1v) is 7.39. The molecule has 2 rings (SSSR count). The molecule has 0 saturated carbocycles. The Morgan fingerprint density at radius 2 is 2.18 bits per heavy atom. The molecule has 1 aliphatic rings. The van der Waals surface area contributed by atoms with Gasteiger partial charge in [-0.3, -0.25) is 4.79 Å². The smallest absolute Gasteiger partial charge is 0.326 e. The monoisotopic (exact) mass is 307 g/mol. The van der Waals surface area contributed by atoms with Crippen LogP contribution in [0.2, 0.25) is 0 Å². The van der Waals surface area contributed by atoms with Crippen molar-refractivity contribution in [2.75, 3.05) is 26.9 Å². The molecule has 1 aromatic rings. The van der Waals surface area contributed by atoms with Gasteiger partial charge in [-0.15, -0.1) is 0 Å². The van der Waals surface area contributed by atoms with Crippen LogP contribution in [-0.4, -0.2) is 54.8 Å². The number of rotatable bonds is 7. The third kappa shape index (κ3) is 3.98. The molecule has 1 unspecified atom stereocenters. The predicted octanol–water partition coefficient (Wildman–Crippen LogP) is 1.79. The molecular formula is C16H21NO5. The van der Waals surface area contributed by atoms with Crippen molar-refractivity contribution in [3.05, 3.63) is 29.8 Å². The SMILES string of the molecule is COCCCOc1cccc(C(=O)N2CCCC2C(=O)O)c1. The summed E-state index contributed by atoms with van der Waals surface area (Å²) in [6, 6.07) is 6.14. The van der Waals surface area contributed by atoms with Crippen molar-refractivity contribution in [1.29, 1.82) is 0 Å². The molecule has 120 valence electrons. The van der Waals surface area contributed by atoms with Gasteiger partial charge in [0.25, 0.3) is 5.91 Å². The molecule has 1 N–H and O–H groups in total. The highest BCUT2D eigenvalue weighted by Crippen LogP contribution is 2.22. The zero-order valence-electron chi connectivity index (χ0n) is 12.7. The van der Waals surface area contributed by atoms with Crippen molar-refractivity contribution in [3.63, 3.8) is 0 Å². The van der Waals surface area contributed by atoms with Crippen LogP contribution in [0.3, 0.4) is 0 Å². The molecule has 0 aromatic heterocycles. The van der Waals surface area contributed by atoms with E-state index in [0.29, 0.717) is 37.5 Å². The van der Waals surface area contributed by atoms with Crippen molar-refractivity contribution in [2.24, 2.45) is 0 Å². The number of ether oxygens (including phenoxy) is 2. The first-order valence-electron chi connectivity index (χ1n) is 7.39. The second-order valence-electron chi connectivity index (χ2n) is 5.22. The van der Waals surface area contributed by atoms with Gasteiger partial charge in [-0.2, -0.15) is 0 Å². The van der Waals surface area contributed by atoms with Gasteiger partial charge in [-0.25, -0.2) is 4.79 Å². The Hall–Kier alpha value is -2.08. The number of amides is 1. The number of carboxylic acid groups (broad SMARTS) is 1. The highest BCUT2D eigenvalue weighted by atomic mass is 16.5. The van der Waals surface area contributed by atoms with Crippen LogP contribution in [0.1, 0.15) is 29.6 Å². The largest absolute Gasteiger partial charge is 0.493 e. The fourth-order valence-corrected chi connectivity index (χ4v) is 2.54. The summed E-state index contributed by atoms with van der Waals surface area (Å²) >= 11 is 0. The lowest BCUT2D eigenvalue weighted by Crippen LogP contribution is -2.40. The normalized spacial score (nSPS) is 17.5. The van der Waals surface area contributed by atoms with E-state index in [2.05, 4.69) is 0 Å². The minimum atomic E-state index is -0.946. The molecule has 0 bridgehead atoms. The number of hydrogen-bond acceptors (Lipinski definition) is 4. The van der Waals surface area contributed by atoms with E-state index in [-0.39, 0.29) is 5.91 Å². The van der Waals surface area contributed by atoms with Crippen LogP contribution in [-0.2, 0) is 9.53 Å². The van der Waals surface area contributed by atoms with Crippen molar-refractivity contribution < 1.29 is 24.2 Å². The van der Waals surface area contributed by atoms with Crippen molar-refractivity contribution in [1.82, 2.24) is 4.90 Å². The maximum Gasteiger partial charge on any atom is 0.326 e. The van der Waals surface area contributed by atoms with E-state index in [1.807, 2.05) is 0 Å². The molecule has 0 spiro atoms. The fourth-order valence-electron chi connectivity index (χ4n) is 2.54. The molecule has 1 amide bonds. The van der Waals surface area contributed by atoms with Gasteiger partial charge in [0.1, 0.15) is 11.8 Å². The number of carboxylic acids is 1. The molecule has 22 heavy (non-hydrogen) atoms. The molecule has 1 fully saturated rings. The van der Waals surface area contributed by atoms with Gasteiger partial charge in [0, 0.05) is 32.2 Å². The number of hydrogen-bond donors (Lipinski definition) is 1. The van der Waals surface area contributed by atoms with Gasteiger partial charge >= 0.3 is 5.97 Å². The zero-order valence-corrected chi connectivity index (χ0v) is 12.7. The minimum absolute atomic E-state index is 0.257. The van der Waals surface area contributed by atoms with Crippen LogP contribution in [0, 0.1) is 0 Å². The molecule has 0 aliphatic carbocycles. The zero-order chi connectivity index (χ0) is 15.9. The minimum Gasteiger partial charge on any atom is -0.493 e. The molecule has 0 radical (unpaired) electrons. The Balaban J connectivity index is 2.02. The summed E-state index contributed by atoms with van der Waals surface area (Å²) in [6.07, 6.45) is 1.99. The molecular weight excluding hydrogens is 286 g/mol. The molecule has 6 heteroatoms. The van der Waals surface area contributed by atoms with Gasteiger partial charge < -0.3 is 19.5 Å². The molecule has 1 saturated heterocycles. The molecule has 6 nitrogen and oxygen atoms in total. The predicted molar refractivity (Wildman–Crippen MR) is 80.1 cm³/mol. The number of carbonyl (C=O) groups excluding carboxylic acids is 1. The average molecular weight is 307 g/mol. The second-order valence-corrected chi connectivity index (χ2v) is 5.22. The number of likely N-dealkylation sites (tertiary alicyclic amines) is 1. The van der Waals surface area contributed by atoms with Crippen LogP contribution in [0.4, 0.5) is 0 Å². The van der Waals surface area contributed by atoms with Crippen molar-refractivity contribution >= 4 is 11.9 Å². The van der Waals surface area contributed by atoms with E-state index in [9.17, 15) is 14.7 Å². The fraction of sp³-hybridized carbons (Fsp3) is 0.500. The van der Waals surface area contributed by atoms with Crippen LogP contribution in [0.25, 0.3) is 0 Å². The van der Waals surface area contributed by atoms with E-state index in [1.54, 1.807) is 31.4 Å². The maximum atomic E-state index is 12.5. The van der Waals surface area contributed by atoms with Gasteiger partial charge in [-0.05, 0) is 31.0 Å². The van der Waals surface area contributed by atoms with Crippen molar-refractivity contribution in [3.8, 4) is 5.75 Å². The molecule has 1 atom stereocenters. The summed E-state index contributed by atoms with van der Waals surface area (Å²) in [6.45, 7) is 1.61. The Morgan fingerprint density at radius 3 is 2.91 bits per heavy atom. The summed E-state index contributed by atoms with van der Waals surface area (Å²) in [7, 11) is 1.63. The van der Waals surface area contributed by atoms with Crippen LogP contribution >= 0.6 is 0 Å². The second kappa shape index (κ2) is 7.79. The number of aliphatic carboxylic acids is 1. The molecule has 1 heterocycles. The Bertz CT molecular complexity index is 531. The van der Waals surface area contributed by atoms with Crippen LogP contribution in [0.15, 0.2) is 24.3 Å².